The summed E-state index contributed by atoms with van der Waals surface area (Å²) in [6, 6.07) is 23.0. The van der Waals surface area contributed by atoms with E-state index in [-0.39, 0.29) is 12.5 Å². The minimum Gasteiger partial charge on any atom is -0.322 e. The molecule has 0 aliphatic rings. The van der Waals surface area contributed by atoms with Crippen LogP contribution >= 0.6 is 23.2 Å². The van der Waals surface area contributed by atoms with Crippen molar-refractivity contribution in [1.29, 1.82) is 0 Å². The van der Waals surface area contributed by atoms with Crippen LogP contribution in [0.25, 0.3) is 0 Å². The van der Waals surface area contributed by atoms with E-state index >= 15 is 0 Å². The molecule has 6 nitrogen and oxygen atoms in total. The lowest BCUT2D eigenvalue weighted by molar-refractivity contribution is 0.102. The third-order valence-electron chi connectivity index (χ3n) is 5.45. The number of aromatic nitrogens is 1. The third-order valence-corrected chi connectivity index (χ3v) is 7.02. The van der Waals surface area contributed by atoms with Crippen LogP contribution in [-0.2, 0) is 23.0 Å². The Hall–Kier alpha value is -3.39. The van der Waals surface area contributed by atoms with Crippen molar-refractivity contribution < 1.29 is 13.2 Å². The molecule has 184 valence electrons. The number of anilines is 2. The minimum atomic E-state index is -3.61. The fourth-order valence-corrected chi connectivity index (χ4v) is 5.04. The molecule has 0 atom stereocenters. The zero-order valence-corrected chi connectivity index (χ0v) is 21.7. The number of amides is 1. The number of carbonyl (C=O) groups is 1. The molecule has 1 heterocycles. The highest BCUT2D eigenvalue weighted by molar-refractivity contribution is 7.92. The highest BCUT2D eigenvalue weighted by Crippen LogP contribution is 2.28. The quantitative estimate of drug-likeness (QED) is 0.289. The molecule has 1 amide bonds. The van der Waals surface area contributed by atoms with Crippen LogP contribution in [0.1, 0.15) is 27.0 Å². The molecule has 0 aliphatic carbocycles. The summed E-state index contributed by atoms with van der Waals surface area (Å²) in [5, 5.41) is 3.56. The molecule has 0 bridgehead atoms. The fraction of sp³-hybridized carbons (Fsp3) is 0.111. The molecule has 4 rings (SSSR count). The van der Waals surface area contributed by atoms with Gasteiger partial charge in [0.1, 0.15) is 0 Å². The lowest BCUT2D eigenvalue weighted by Gasteiger charge is -2.23. The van der Waals surface area contributed by atoms with Crippen molar-refractivity contribution in [3.8, 4) is 0 Å². The fourth-order valence-electron chi connectivity index (χ4n) is 3.66. The second-order valence-corrected chi connectivity index (χ2v) is 11.1. The number of pyridine rings is 1. The molecule has 0 saturated carbocycles. The van der Waals surface area contributed by atoms with Gasteiger partial charge in [0, 0.05) is 33.7 Å². The normalized spacial score (nSPS) is 11.2. The first-order valence-electron chi connectivity index (χ1n) is 11.0. The predicted molar refractivity (Wildman–Crippen MR) is 145 cm³/mol. The first-order chi connectivity index (χ1) is 17.2. The maximum Gasteiger partial charge on any atom is 0.255 e. The van der Waals surface area contributed by atoms with Crippen molar-refractivity contribution in [3.05, 3.63) is 124 Å². The lowest BCUT2D eigenvalue weighted by atomic mass is 10.1. The van der Waals surface area contributed by atoms with Crippen molar-refractivity contribution in [3.63, 3.8) is 0 Å². The van der Waals surface area contributed by atoms with Gasteiger partial charge < -0.3 is 5.32 Å². The van der Waals surface area contributed by atoms with Crippen molar-refractivity contribution in [2.75, 3.05) is 15.9 Å². The maximum absolute atomic E-state index is 12.7. The van der Waals surface area contributed by atoms with Crippen LogP contribution in [0.5, 0.6) is 0 Å². The van der Waals surface area contributed by atoms with Crippen LogP contribution < -0.4 is 9.62 Å². The van der Waals surface area contributed by atoms with Crippen molar-refractivity contribution in [1.82, 2.24) is 4.98 Å². The Morgan fingerprint density at radius 2 is 1.39 bits per heavy atom. The Morgan fingerprint density at radius 3 is 1.97 bits per heavy atom. The number of nitrogens with zero attached hydrogens (tertiary/aromatic N) is 2. The Kier molecular flexibility index (Phi) is 7.94. The highest BCUT2D eigenvalue weighted by atomic mass is 35.5. The van der Waals surface area contributed by atoms with E-state index in [9.17, 15) is 13.2 Å². The average Bonchev–Trinajstić information content (AvgIpc) is 2.83. The van der Waals surface area contributed by atoms with Crippen molar-refractivity contribution in [2.45, 2.75) is 13.0 Å². The lowest BCUT2D eigenvalue weighted by Crippen LogP contribution is -2.29. The van der Waals surface area contributed by atoms with Gasteiger partial charge >= 0.3 is 0 Å². The molecule has 0 saturated heterocycles. The number of benzene rings is 3. The molecule has 1 N–H and O–H groups in total. The molecule has 1 aromatic heterocycles. The zero-order valence-electron chi connectivity index (χ0n) is 19.4. The molecule has 0 radical (unpaired) electrons. The standard InChI is InChI=1S/C27H23Cl2N3O3S/c1-36(34,35)32(26-16-23(28)15-24(29)17-26)18-21-2-6-22(7-3-21)27(33)31-25-8-4-19(5-9-25)14-20-10-12-30-13-11-20/h2-13,15-17H,14,18H2,1H3,(H,31,33). The maximum atomic E-state index is 12.7. The predicted octanol–water partition coefficient (Wildman–Crippen LogP) is 6.20. The van der Waals surface area contributed by atoms with Gasteiger partial charge in [0.2, 0.25) is 10.0 Å². The van der Waals surface area contributed by atoms with E-state index in [4.69, 9.17) is 23.2 Å². The van der Waals surface area contributed by atoms with Gasteiger partial charge in [-0.15, -0.1) is 0 Å². The summed E-state index contributed by atoms with van der Waals surface area (Å²) in [5.41, 5.74) is 4.49. The van der Waals surface area contributed by atoms with Gasteiger partial charge in [-0.05, 0) is 77.7 Å². The molecule has 3 aromatic carbocycles. The summed E-state index contributed by atoms with van der Waals surface area (Å²) in [6.45, 7) is 0.0658. The van der Waals surface area contributed by atoms with Gasteiger partial charge in [-0.3, -0.25) is 14.1 Å². The van der Waals surface area contributed by atoms with Gasteiger partial charge in [0.15, 0.2) is 0 Å². The molecule has 9 heteroatoms. The summed E-state index contributed by atoms with van der Waals surface area (Å²) in [7, 11) is -3.61. The molecule has 0 spiro atoms. The minimum absolute atomic E-state index is 0.0658. The van der Waals surface area contributed by atoms with Crippen molar-refractivity contribution >= 4 is 50.5 Å². The number of halogens is 2. The molecule has 0 aliphatic heterocycles. The van der Waals surface area contributed by atoms with Gasteiger partial charge in [-0.25, -0.2) is 8.42 Å². The Bertz CT molecular complexity index is 1440. The van der Waals surface area contributed by atoms with Gasteiger partial charge in [0.05, 0.1) is 18.5 Å². The number of hydrogen-bond acceptors (Lipinski definition) is 4. The monoisotopic (exact) mass is 539 g/mol. The number of hydrogen-bond donors (Lipinski definition) is 1. The second-order valence-electron chi connectivity index (χ2n) is 8.28. The summed E-state index contributed by atoms with van der Waals surface area (Å²) in [5.74, 6) is -0.259. The highest BCUT2D eigenvalue weighted by Gasteiger charge is 2.19. The summed E-state index contributed by atoms with van der Waals surface area (Å²) < 4.78 is 26.1. The van der Waals surface area contributed by atoms with E-state index in [0.29, 0.717) is 32.5 Å². The SMILES string of the molecule is CS(=O)(=O)N(Cc1ccc(C(=O)Nc2ccc(Cc3ccncc3)cc2)cc1)c1cc(Cl)cc(Cl)c1. The molecule has 36 heavy (non-hydrogen) atoms. The summed E-state index contributed by atoms with van der Waals surface area (Å²) in [4.78, 5) is 16.8. The van der Waals surface area contributed by atoms with E-state index in [1.807, 2.05) is 36.4 Å². The summed E-state index contributed by atoms with van der Waals surface area (Å²) in [6.07, 6.45) is 5.43. The van der Waals surface area contributed by atoms with Crippen LogP contribution in [-0.4, -0.2) is 25.6 Å². The van der Waals surface area contributed by atoms with Crippen LogP contribution in [0, 0.1) is 0 Å². The smallest absolute Gasteiger partial charge is 0.255 e. The molecule has 0 fully saturated rings. The van der Waals surface area contributed by atoms with E-state index in [2.05, 4.69) is 10.3 Å². The largest absolute Gasteiger partial charge is 0.322 e. The number of sulfonamides is 1. The molecule has 4 aromatic rings. The number of nitrogens with one attached hydrogen (secondary N) is 1. The first-order valence-corrected chi connectivity index (χ1v) is 13.6. The van der Waals surface area contributed by atoms with Gasteiger partial charge in [0.25, 0.3) is 5.91 Å². The summed E-state index contributed by atoms with van der Waals surface area (Å²) >= 11 is 12.1. The van der Waals surface area contributed by atoms with Gasteiger partial charge in [-0.2, -0.15) is 0 Å². The van der Waals surface area contributed by atoms with E-state index in [1.165, 1.54) is 10.4 Å². The van der Waals surface area contributed by atoms with Crippen LogP contribution in [0.4, 0.5) is 11.4 Å². The average molecular weight is 540 g/mol. The number of rotatable bonds is 8. The van der Waals surface area contributed by atoms with Crippen LogP contribution in [0.15, 0.2) is 91.3 Å². The Labute approximate surface area is 220 Å². The van der Waals surface area contributed by atoms with E-state index < -0.39 is 10.0 Å². The Balaban J connectivity index is 1.42. The van der Waals surface area contributed by atoms with E-state index in [0.717, 1.165) is 23.8 Å². The van der Waals surface area contributed by atoms with Crippen molar-refractivity contribution in [2.24, 2.45) is 0 Å². The second kappa shape index (κ2) is 11.1. The number of carbonyl (C=O) groups excluding carboxylic acids is 1. The van der Waals surface area contributed by atoms with Crippen LogP contribution in [0.2, 0.25) is 10.0 Å². The van der Waals surface area contributed by atoms with Crippen LogP contribution in [0.3, 0.4) is 0 Å². The Morgan fingerprint density at radius 1 is 0.833 bits per heavy atom. The molecular formula is C27H23Cl2N3O3S. The molecule has 0 unspecified atom stereocenters. The van der Waals surface area contributed by atoms with Gasteiger partial charge in [-0.1, -0.05) is 47.5 Å². The zero-order chi connectivity index (χ0) is 25.7. The third kappa shape index (κ3) is 6.85. The van der Waals surface area contributed by atoms with E-state index in [1.54, 1.807) is 48.8 Å². The first kappa shape index (κ1) is 25.7. The topological polar surface area (TPSA) is 79.4 Å². The molecular weight excluding hydrogens is 517 g/mol.